The molecule has 0 aromatic heterocycles. The Bertz CT molecular complexity index is 171. The van der Waals surface area contributed by atoms with Gasteiger partial charge in [0.25, 0.3) is 0 Å². The summed E-state index contributed by atoms with van der Waals surface area (Å²) in [5.74, 6) is 0.927. The molecule has 0 spiro atoms. The highest BCUT2D eigenvalue weighted by atomic mass is 15.2. The highest BCUT2D eigenvalue weighted by molar-refractivity contribution is 4.86. The highest BCUT2D eigenvalue weighted by Crippen LogP contribution is 2.28. The third kappa shape index (κ3) is 3.76. The third-order valence-electron chi connectivity index (χ3n) is 3.75. The Morgan fingerprint density at radius 2 is 2.13 bits per heavy atom. The van der Waals surface area contributed by atoms with Gasteiger partial charge < -0.3 is 10.2 Å². The fourth-order valence-electron chi connectivity index (χ4n) is 2.64. The smallest absolute Gasteiger partial charge is 0.00965 e. The maximum atomic E-state index is 3.53. The van der Waals surface area contributed by atoms with Gasteiger partial charge in [-0.05, 0) is 57.7 Å². The minimum atomic E-state index is 0.927. The fourth-order valence-corrected chi connectivity index (χ4v) is 2.64. The SMILES string of the molecule is CCCCN(CC1CCCNC1)C1CC1. The first kappa shape index (κ1) is 11.4. The van der Waals surface area contributed by atoms with E-state index in [0.29, 0.717) is 0 Å². The average Bonchev–Trinajstić information content (AvgIpc) is 3.09. The average molecular weight is 210 g/mol. The third-order valence-corrected chi connectivity index (χ3v) is 3.75. The molecule has 15 heavy (non-hydrogen) atoms. The molecule has 88 valence electrons. The van der Waals surface area contributed by atoms with Gasteiger partial charge in [0.15, 0.2) is 0 Å². The lowest BCUT2D eigenvalue weighted by molar-refractivity contribution is 0.197. The molecule has 1 aliphatic heterocycles. The van der Waals surface area contributed by atoms with Gasteiger partial charge in [-0.1, -0.05) is 13.3 Å². The molecule has 2 heteroatoms. The van der Waals surface area contributed by atoms with Crippen molar-refractivity contribution in [3.8, 4) is 0 Å². The van der Waals surface area contributed by atoms with Crippen LogP contribution in [0.4, 0.5) is 0 Å². The zero-order valence-corrected chi connectivity index (χ0v) is 10.2. The molecule has 1 saturated heterocycles. The highest BCUT2D eigenvalue weighted by Gasteiger charge is 2.30. The van der Waals surface area contributed by atoms with E-state index in [1.807, 2.05) is 0 Å². The summed E-state index contributed by atoms with van der Waals surface area (Å²) in [5, 5.41) is 3.53. The topological polar surface area (TPSA) is 15.3 Å². The first-order valence-corrected chi connectivity index (χ1v) is 6.85. The van der Waals surface area contributed by atoms with E-state index in [9.17, 15) is 0 Å². The molecule has 0 radical (unpaired) electrons. The minimum absolute atomic E-state index is 0.927. The van der Waals surface area contributed by atoms with E-state index >= 15 is 0 Å². The maximum absolute atomic E-state index is 3.53. The summed E-state index contributed by atoms with van der Waals surface area (Å²) in [7, 11) is 0. The van der Waals surface area contributed by atoms with Crippen molar-refractivity contribution in [3.63, 3.8) is 0 Å². The maximum Gasteiger partial charge on any atom is 0.00965 e. The zero-order chi connectivity index (χ0) is 10.5. The van der Waals surface area contributed by atoms with Gasteiger partial charge in [0.05, 0.1) is 0 Å². The summed E-state index contributed by atoms with van der Waals surface area (Å²) >= 11 is 0. The molecule has 1 saturated carbocycles. The molecule has 1 atom stereocenters. The second-order valence-electron chi connectivity index (χ2n) is 5.29. The molecule has 0 bridgehead atoms. The lowest BCUT2D eigenvalue weighted by Crippen LogP contribution is -2.39. The number of unbranched alkanes of at least 4 members (excludes halogenated alkanes) is 1. The number of hydrogen-bond acceptors (Lipinski definition) is 2. The predicted molar refractivity (Wildman–Crippen MR) is 65.1 cm³/mol. The van der Waals surface area contributed by atoms with Crippen LogP contribution in [0.5, 0.6) is 0 Å². The summed E-state index contributed by atoms with van der Waals surface area (Å²) in [6.07, 6.45) is 8.48. The van der Waals surface area contributed by atoms with Crippen LogP contribution in [0.3, 0.4) is 0 Å². The van der Waals surface area contributed by atoms with Crippen molar-refractivity contribution < 1.29 is 0 Å². The predicted octanol–water partition coefficient (Wildman–Crippen LogP) is 2.25. The Hall–Kier alpha value is -0.0800. The minimum Gasteiger partial charge on any atom is -0.316 e. The van der Waals surface area contributed by atoms with Gasteiger partial charge in [-0.15, -0.1) is 0 Å². The van der Waals surface area contributed by atoms with Gasteiger partial charge in [0.2, 0.25) is 0 Å². The van der Waals surface area contributed by atoms with E-state index in [1.54, 1.807) is 0 Å². The summed E-state index contributed by atoms with van der Waals surface area (Å²) in [4.78, 5) is 2.77. The van der Waals surface area contributed by atoms with E-state index in [1.165, 1.54) is 64.7 Å². The number of piperidine rings is 1. The van der Waals surface area contributed by atoms with Crippen LogP contribution in [0.25, 0.3) is 0 Å². The van der Waals surface area contributed by atoms with Crippen LogP contribution >= 0.6 is 0 Å². The molecule has 2 rings (SSSR count). The molecule has 2 nitrogen and oxygen atoms in total. The second kappa shape index (κ2) is 5.86. The molecular formula is C13H26N2. The Kier molecular flexibility index (Phi) is 4.45. The van der Waals surface area contributed by atoms with E-state index in [2.05, 4.69) is 17.1 Å². The van der Waals surface area contributed by atoms with Crippen molar-refractivity contribution in [1.29, 1.82) is 0 Å². The Morgan fingerprint density at radius 3 is 2.73 bits per heavy atom. The Balaban J connectivity index is 1.72. The molecular weight excluding hydrogens is 184 g/mol. The first-order valence-electron chi connectivity index (χ1n) is 6.85. The molecule has 2 aliphatic rings. The van der Waals surface area contributed by atoms with Crippen molar-refractivity contribution in [2.24, 2.45) is 5.92 Å². The summed E-state index contributed by atoms with van der Waals surface area (Å²) < 4.78 is 0. The molecule has 0 aromatic rings. The van der Waals surface area contributed by atoms with Gasteiger partial charge >= 0.3 is 0 Å². The van der Waals surface area contributed by atoms with Gasteiger partial charge in [0, 0.05) is 12.6 Å². The molecule has 1 aliphatic carbocycles. The molecule has 0 amide bonds. The summed E-state index contributed by atoms with van der Waals surface area (Å²) in [6, 6.07) is 0.957. The van der Waals surface area contributed by atoms with Gasteiger partial charge in [-0.3, -0.25) is 0 Å². The van der Waals surface area contributed by atoms with Crippen molar-refractivity contribution in [2.75, 3.05) is 26.2 Å². The van der Waals surface area contributed by atoms with Gasteiger partial charge in [0.1, 0.15) is 0 Å². The lowest BCUT2D eigenvalue weighted by atomic mass is 9.99. The van der Waals surface area contributed by atoms with Crippen LogP contribution in [0.15, 0.2) is 0 Å². The van der Waals surface area contributed by atoms with Crippen LogP contribution in [-0.4, -0.2) is 37.1 Å². The summed E-state index contributed by atoms with van der Waals surface area (Å²) in [5.41, 5.74) is 0. The standard InChI is InChI=1S/C13H26N2/c1-2-3-9-15(13-6-7-13)11-12-5-4-8-14-10-12/h12-14H,2-11H2,1H3. The largest absolute Gasteiger partial charge is 0.316 e. The lowest BCUT2D eigenvalue weighted by Gasteiger charge is -2.30. The molecule has 1 heterocycles. The van der Waals surface area contributed by atoms with E-state index in [0.717, 1.165) is 12.0 Å². The molecule has 1 unspecified atom stereocenters. The fraction of sp³-hybridized carbons (Fsp3) is 1.00. The van der Waals surface area contributed by atoms with E-state index < -0.39 is 0 Å². The van der Waals surface area contributed by atoms with Crippen LogP contribution in [0.2, 0.25) is 0 Å². The van der Waals surface area contributed by atoms with Crippen LogP contribution in [-0.2, 0) is 0 Å². The summed E-state index contributed by atoms with van der Waals surface area (Å²) in [6.45, 7) is 7.51. The Labute approximate surface area is 94.4 Å². The first-order chi connectivity index (χ1) is 7.40. The van der Waals surface area contributed by atoms with Crippen LogP contribution in [0.1, 0.15) is 45.4 Å². The monoisotopic (exact) mass is 210 g/mol. The molecule has 0 aromatic carbocycles. The number of hydrogen-bond donors (Lipinski definition) is 1. The second-order valence-corrected chi connectivity index (χ2v) is 5.29. The van der Waals surface area contributed by atoms with Crippen LogP contribution in [0, 0.1) is 5.92 Å². The number of nitrogens with zero attached hydrogens (tertiary/aromatic N) is 1. The molecule has 2 fully saturated rings. The van der Waals surface area contributed by atoms with Crippen molar-refractivity contribution >= 4 is 0 Å². The van der Waals surface area contributed by atoms with Gasteiger partial charge in [-0.25, -0.2) is 0 Å². The van der Waals surface area contributed by atoms with Gasteiger partial charge in [-0.2, -0.15) is 0 Å². The number of rotatable bonds is 6. The van der Waals surface area contributed by atoms with E-state index in [-0.39, 0.29) is 0 Å². The Morgan fingerprint density at radius 1 is 1.27 bits per heavy atom. The van der Waals surface area contributed by atoms with Crippen LogP contribution < -0.4 is 5.32 Å². The van der Waals surface area contributed by atoms with E-state index in [4.69, 9.17) is 0 Å². The molecule has 1 N–H and O–H groups in total. The normalized spacial score (nSPS) is 27.2. The van der Waals surface area contributed by atoms with Crippen molar-refractivity contribution in [3.05, 3.63) is 0 Å². The zero-order valence-electron chi connectivity index (χ0n) is 10.2. The van der Waals surface area contributed by atoms with Crippen molar-refractivity contribution in [2.45, 2.75) is 51.5 Å². The quantitative estimate of drug-likeness (QED) is 0.723. The number of nitrogens with one attached hydrogen (secondary N) is 1. The van der Waals surface area contributed by atoms with Crippen molar-refractivity contribution in [1.82, 2.24) is 10.2 Å².